The Morgan fingerprint density at radius 1 is 0.970 bits per heavy atom. The first-order valence-electron chi connectivity index (χ1n) is 10.6. The number of carbonyl (C=O) groups excluding carboxylic acids is 2. The van der Waals surface area contributed by atoms with E-state index in [0.29, 0.717) is 34.4 Å². The maximum Gasteiger partial charge on any atom is 0.347 e. The van der Waals surface area contributed by atoms with Gasteiger partial charge < -0.3 is 15.4 Å². The number of hydrogen-bond acceptors (Lipinski definition) is 3. The highest BCUT2D eigenvalue weighted by Crippen LogP contribution is 2.26. The summed E-state index contributed by atoms with van der Waals surface area (Å²) in [4.78, 5) is 25.2. The third kappa shape index (κ3) is 4.85. The molecule has 2 aromatic carbocycles. The van der Waals surface area contributed by atoms with Gasteiger partial charge in [0, 0.05) is 17.4 Å². The molecular weight excluding hydrogens is 418 g/mol. The van der Waals surface area contributed by atoms with Crippen molar-refractivity contribution in [2.45, 2.75) is 6.92 Å². The molecule has 2 heterocycles. The van der Waals surface area contributed by atoms with Gasteiger partial charge in [-0.3, -0.25) is 9.59 Å². The van der Waals surface area contributed by atoms with Crippen LogP contribution in [-0.2, 0) is 18.9 Å². The van der Waals surface area contributed by atoms with Gasteiger partial charge in [0.15, 0.2) is 6.20 Å². The minimum Gasteiger partial charge on any atom is -0.457 e. The van der Waals surface area contributed by atoms with Crippen molar-refractivity contribution in [1.29, 1.82) is 0 Å². The Balaban J connectivity index is 1.40. The summed E-state index contributed by atoms with van der Waals surface area (Å²) in [6, 6.07) is 14.4. The molecule has 0 spiro atoms. The highest BCUT2D eigenvalue weighted by atomic mass is 16.5. The van der Waals surface area contributed by atoms with Crippen molar-refractivity contribution >= 4 is 28.9 Å². The van der Waals surface area contributed by atoms with E-state index in [2.05, 4.69) is 10.6 Å². The van der Waals surface area contributed by atoms with Gasteiger partial charge in [0.2, 0.25) is 0 Å². The molecule has 4 rings (SSSR count). The zero-order chi connectivity index (χ0) is 23.5. The van der Waals surface area contributed by atoms with E-state index in [1.54, 1.807) is 39.5 Å². The molecule has 1 aliphatic heterocycles. The summed E-state index contributed by atoms with van der Waals surface area (Å²) < 4.78 is 11.3. The lowest BCUT2D eigenvalue weighted by atomic mass is 10.1. The molecule has 0 fully saturated rings. The number of amides is 2. The Bertz CT molecular complexity index is 1250. The van der Waals surface area contributed by atoms with Gasteiger partial charge in [-0.15, -0.1) is 0 Å². The summed E-state index contributed by atoms with van der Waals surface area (Å²) in [5, 5.41) is 5.82. The van der Waals surface area contributed by atoms with Crippen LogP contribution in [0.25, 0.3) is 0 Å². The standard InChI is InChI=1S/C25H25N5O3/c1-17-12-13-28(2)22(17)23(31)27-19-6-5-7-21(16-19)33-20-10-8-18(9-11-20)26-24(32)25-29(3)14-15-30(25)4/h5-17H,1-4H3/p+2. The summed E-state index contributed by atoms with van der Waals surface area (Å²) in [6.45, 7) is 1.99. The Morgan fingerprint density at radius 3 is 2.33 bits per heavy atom. The van der Waals surface area contributed by atoms with Crippen molar-refractivity contribution in [3.63, 3.8) is 0 Å². The second-order valence-electron chi connectivity index (χ2n) is 8.03. The second kappa shape index (κ2) is 9.12. The first-order valence-corrected chi connectivity index (χ1v) is 10.6. The average molecular weight is 446 g/mol. The second-order valence-corrected chi connectivity index (χ2v) is 8.03. The number of imidazole rings is 1. The number of aryl methyl sites for hydroxylation is 2. The molecule has 8 nitrogen and oxygen atoms in total. The molecule has 0 bridgehead atoms. The number of nitrogens with zero attached hydrogens (tertiary/aromatic N) is 3. The van der Waals surface area contributed by atoms with Gasteiger partial charge in [0.25, 0.3) is 5.71 Å². The first-order chi connectivity index (χ1) is 15.8. The summed E-state index contributed by atoms with van der Waals surface area (Å²) in [5.41, 5.74) is 2.01. The molecule has 2 amide bonds. The van der Waals surface area contributed by atoms with Crippen LogP contribution in [0.3, 0.4) is 0 Å². The zero-order valence-corrected chi connectivity index (χ0v) is 19.1. The predicted molar refractivity (Wildman–Crippen MR) is 126 cm³/mol. The summed E-state index contributed by atoms with van der Waals surface area (Å²) >= 11 is 0. The van der Waals surface area contributed by atoms with Crippen LogP contribution in [0.2, 0.25) is 0 Å². The number of benzene rings is 2. The number of ether oxygens (including phenoxy) is 1. The van der Waals surface area contributed by atoms with Crippen LogP contribution >= 0.6 is 0 Å². The number of carbonyl (C=O) groups is 2. The molecule has 1 unspecified atom stereocenters. The van der Waals surface area contributed by atoms with Crippen LogP contribution in [0.4, 0.5) is 11.4 Å². The van der Waals surface area contributed by atoms with E-state index in [1.807, 2.05) is 75.5 Å². The van der Waals surface area contributed by atoms with E-state index in [4.69, 9.17) is 4.74 Å². The molecule has 1 atom stereocenters. The zero-order valence-electron chi connectivity index (χ0n) is 19.1. The molecule has 1 aromatic heterocycles. The SMILES string of the molecule is CC1C=C[N+](C)=C1C(=O)Nc1cccc(Oc2ccc(NC(=O)c3n(C)cc[n+]3C)cc2)c1. The lowest BCUT2D eigenvalue weighted by Gasteiger charge is -2.10. The van der Waals surface area contributed by atoms with Gasteiger partial charge in [-0.2, -0.15) is 0 Å². The van der Waals surface area contributed by atoms with Gasteiger partial charge in [-0.1, -0.05) is 6.07 Å². The average Bonchev–Trinajstić information content (AvgIpc) is 3.29. The maximum absolute atomic E-state index is 12.6. The normalized spacial score (nSPS) is 15.0. The van der Waals surface area contributed by atoms with Crippen LogP contribution in [0, 0.1) is 5.92 Å². The van der Waals surface area contributed by atoms with Gasteiger partial charge >= 0.3 is 17.6 Å². The van der Waals surface area contributed by atoms with Crippen molar-refractivity contribution in [3.05, 3.63) is 79.0 Å². The van der Waals surface area contributed by atoms with E-state index in [-0.39, 0.29) is 17.7 Å². The van der Waals surface area contributed by atoms with Gasteiger partial charge in [-0.05, 0) is 49.4 Å². The van der Waals surface area contributed by atoms with E-state index in [9.17, 15) is 9.59 Å². The number of rotatable bonds is 6. The number of nitrogens with one attached hydrogen (secondary N) is 2. The molecule has 168 valence electrons. The van der Waals surface area contributed by atoms with Crippen molar-refractivity contribution in [2.24, 2.45) is 20.0 Å². The van der Waals surface area contributed by atoms with E-state index in [1.165, 1.54) is 0 Å². The van der Waals surface area contributed by atoms with Crippen LogP contribution < -0.4 is 19.9 Å². The number of anilines is 2. The Morgan fingerprint density at radius 2 is 1.70 bits per heavy atom. The number of aromatic nitrogens is 2. The van der Waals surface area contributed by atoms with Crippen molar-refractivity contribution < 1.29 is 23.5 Å². The van der Waals surface area contributed by atoms with Crippen molar-refractivity contribution in [1.82, 2.24) is 4.57 Å². The van der Waals surface area contributed by atoms with Crippen molar-refractivity contribution in [2.75, 3.05) is 17.7 Å². The quantitative estimate of drug-likeness (QED) is 0.573. The van der Waals surface area contributed by atoms with E-state index >= 15 is 0 Å². The summed E-state index contributed by atoms with van der Waals surface area (Å²) in [7, 11) is 5.51. The lowest BCUT2D eigenvalue weighted by Crippen LogP contribution is -2.37. The molecule has 0 radical (unpaired) electrons. The fourth-order valence-electron chi connectivity index (χ4n) is 3.79. The van der Waals surface area contributed by atoms with Gasteiger partial charge in [0.05, 0.1) is 20.0 Å². The van der Waals surface area contributed by atoms with Crippen LogP contribution in [0.5, 0.6) is 11.5 Å². The highest BCUT2D eigenvalue weighted by molar-refractivity contribution is 6.42. The lowest BCUT2D eigenvalue weighted by molar-refractivity contribution is -0.672. The van der Waals surface area contributed by atoms with Gasteiger partial charge in [0.1, 0.15) is 30.9 Å². The Labute approximate surface area is 192 Å². The summed E-state index contributed by atoms with van der Waals surface area (Å²) in [5.74, 6) is 1.48. The minimum atomic E-state index is -0.197. The topological polar surface area (TPSA) is 79.2 Å². The van der Waals surface area contributed by atoms with Crippen LogP contribution in [-0.4, -0.2) is 33.7 Å². The molecule has 33 heavy (non-hydrogen) atoms. The fraction of sp³-hybridized carbons (Fsp3) is 0.200. The highest BCUT2D eigenvalue weighted by Gasteiger charge is 2.30. The van der Waals surface area contributed by atoms with E-state index in [0.717, 1.165) is 0 Å². The third-order valence-electron chi connectivity index (χ3n) is 5.47. The molecule has 3 aromatic rings. The largest absolute Gasteiger partial charge is 0.457 e. The smallest absolute Gasteiger partial charge is 0.347 e. The molecule has 0 saturated heterocycles. The minimum absolute atomic E-state index is 0.0672. The maximum atomic E-state index is 12.6. The third-order valence-corrected chi connectivity index (χ3v) is 5.47. The molecule has 0 aliphatic carbocycles. The first kappa shape index (κ1) is 22.0. The monoisotopic (exact) mass is 445 g/mol. The molecular formula is C25H27N5O3+2. The van der Waals surface area contributed by atoms with Gasteiger partial charge in [-0.25, -0.2) is 13.7 Å². The molecule has 8 heteroatoms. The van der Waals surface area contributed by atoms with E-state index < -0.39 is 0 Å². The Hall–Kier alpha value is -4.20. The van der Waals surface area contributed by atoms with Crippen LogP contribution in [0.15, 0.2) is 73.2 Å². The fourth-order valence-corrected chi connectivity index (χ4v) is 3.79. The van der Waals surface area contributed by atoms with Crippen LogP contribution in [0.1, 0.15) is 17.5 Å². The molecule has 0 saturated carbocycles. The number of allylic oxidation sites excluding steroid dienone is 1. The van der Waals surface area contributed by atoms with Crippen molar-refractivity contribution in [3.8, 4) is 11.5 Å². The number of hydrogen-bond donors (Lipinski definition) is 2. The summed E-state index contributed by atoms with van der Waals surface area (Å²) in [6.07, 6.45) is 7.53. The predicted octanol–water partition coefficient (Wildman–Crippen LogP) is 3.08. The molecule has 1 aliphatic rings. The Kier molecular flexibility index (Phi) is 6.08. The molecule has 2 N–H and O–H groups in total.